The molecule has 0 aromatic carbocycles. The summed E-state index contributed by atoms with van der Waals surface area (Å²) in [7, 11) is 0. The molecule has 8 heteroatoms. The fourth-order valence-corrected chi connectivity index (χ4v) is 4.05. The zero-order valence-corrected chi connectivity index (χ0v) is 17.4. The zero-order valence-electron chi connectivity index (χ0n) is 16.6. The summed E-state index contributed by atoms with van der Waals surface area (Å²) in [6.07, 6.45) is 9.16. The molecule has 0 atom stereocenters. The van der Waals surface area contributed by atoms with Gasteiger partial charge in [-0.2, -0.15) is 0 Å². The van der Waals surface area contributed by atoms with Crippen LogP contribution in [0.2, 0.25) is 5.15 Å². The van der Waals surface area contributed by atoms with E-state index in [1.54, 1.807) is 12.3 Å². The Balaban J connectivity index is 1.62. The molecule has 0 radical (unpaired) electrons. The molecule has 3 aromatic rings. The summed E-state index contributed by atoms with van der Waals surface area (Å²) in [6.45, 7) is 4.03. The minimum absolute atomic E-state index is 0.168. The molecule has 152 valence electrons. The standard InChI is InChI=1S/C21H25ClN6O/c1-12(2)26-21-17-15(10-23-20(17)24-11-25-21)18(29)14-8-9-16(28-19(14)22)27-13-6-4-3-5-7-13/h8-13H,3-7H2,1-2H3,(H,27,28)(H2,23,24,25,26). The molecule has 0 amide bonds. The monoisotopic (exact) mass is 412 g/mol. The predicted molar refractivity (Wildman–Crippen MR) is 116 cm³/mol. The first-order chi connectivity index (χ1) is 14.0. The lowest BCUT2D eigenvalue weighted by Gasteiger charge is -2.23. The lowest BCUT2D eigenvalue weighted by molar-refractivity contribution is 0.104. The third-order valence-electron chi connectivity index (χ3n) is 5.19. The zero-order chi connectivity index (χ0) is 20.4. The number of H-pyrrole nitrogens is 1. The van der Waals surface area contributed by atoms with Gasteiger partial charge in [-0.3, -0.25) is 4.79 Å². The van der Waals surface area contributed by atoms with E-state index < -0.39 is 0 Å². The Kier molecular flexibility index (Phi) is 5.67. The average Bonchev–Trinajstić information content (AvgIpc) is 3.13. The third-order valence-corrected chi connectivity index (χ3v) is 5.48. The van der Waals surface area contributed by atoms with Gasteiger partial charge in [0.25, 0.3) is 0 Å². The van der Waals surface area contributed by atoms with Crippen LogP contribution in [-0.2, 0) is 0 Å². The van der Waals surface area contributed by atoms with Crippen LogP contribution >= 0.6 is 11.6 Å². The predicted octanol–water partition coefficient (Wildman–Crippen LogP) is 4.80. The summed E-state index contributed by atoms with van der Waals surface area (Å²) in [5, 5.41) is 7.56. The summed E-state index contributed by atoms with van der Waals surface area (Å²) in [6, 6.07) is 4.15. The van der Waals surface area contributed by atoms with Crippen molar-refractivity contribution in [2.45, 2.75) is 58.0 Å². The molecule has 1 aliphatic rings. The lowest BCUT2D eigenvalue weighted by Crippen LogP contribution is -2.22. The van der Waals surface area contributed by atoms with E-state index in [1.165, 1.54) is 25.6 Å². The van der Waals surface area contributed by atoms with Crippen LogP contribution in [0.4, 0.5) is 11.6 Å². The molecule has 0 aliphatic heterocycles. The number of hydrogen-bond acceptors (Lipinski definition) is 6. The van der Waals surface area contributed by atoms with E-state index in [0.29, 0.717) is 39.8 Å². The van der Waals surface area contributed by atoms with Gasteiger partial charge in [0.05, 0.1) is 16.5 Å². The number of carbonyl (C=O) groups is 1. The number of ketones is 1. The van der Waals surface area contributed by atoms with Crippen LogP contribution in [0.1, 0.15) is 61.9 Å². The number of carbonyl (C=O) groups excluding carboxylic acids is 1. The summed E-state index contributed by atoms with van der Waals surface area (Å²) in [5.41, 5.74) is 1.44. The van der Waals surface area contributed by atoms with Crippen molar-refractivity contribution in [3.63, 3.8) is 0 Å². The second-order valence-electron chi connectivity index (χ2n) is 7.79. The lowest BCUT2D eigenvalue weighted by atomic mass is 9.95. The average molecular weight is 413 g/mol. The Hall–Kier alpha value is -2.67. The van der Waals surface area contributed by atoms with Crippen LogP contribution in [0.25, 0.3) is 11.0 Å². The molecular weight excluding hydrogens is 388 g/mol. The van der Waals surface area contributed by atoms with Crippen LogP contribution in [0, 0.1) is 0 Å². The van der Waals surface area contributed by atoms with Gasteiger partial charge in [0.1, 0.15) is 28.8 Å². The highest BCUT2D eigenvalue weighted by atomic mass is 35.5. The molecule has 3 aromatic heterocycles. The van der Waals surface area contributed by atoms with Crippen molar-refractivity contribution in [2.24, 2.45) is 0 Å². The Bertz CT molecular complexity index is 1030. The van der Waals surface area contributed by atoms with Crippen LogP contribution in [-0.4, -0.2) is 37.8 Å². The van der Waals surface area contributed by atoms with Crippen molar-refractivity contribution < 1.29 is 4.79 Å². The number of aromatic amines is 1. The van der Waals surface area contributed by atoms with Gasteiger partial charge in [0.15, 0.2) is 5.78 Å². The molecule has 0 unspecified atom stereocenters. The van der Waals surface area contributed by atoms with E-state index in [0.717, 1.165) is 12.8 Å². The number of nitrogens with zero attached hydrogens (tertiary/aromatic N) is 3. The van der Waals surface area contributed by atoms with Gasteiger partial charge in [-0.1, -0.05) is 30.9 Å². The maximum absolute atomic E-state index is 13.2. The summed E-state index contributed by atoms with van der Waals surface area (Å²) in [4.78, 5) is 29.2. The Morgan fingerprint density at radius 1 is 1.17 bits per heavy atom. The van der Waals surface area contributed by atoms with Gasteiger partial charge in [0, 0.05) is 18.3 Å². The van der Waals surface area contributed by atoms with Gasteiger partial charge in [-0.25, -0.2) is 15.0 Å². The van der Waals surface area contributed by atoms with Crippen molar-refractivity contribution in [1.82, 2.24) is 19.9 Å². The number of aromatic nitrogens is 4. The normalized spacial score (nSPS) is 15.0. The molecule has 7 nitrogen and oxygen atoms in total. The molecule has 0 spiro atoms. The quantitative estimate of drug-likeness (QED) is 0.397. The first-order valence-electron chi connectivity index (χ1n) is 10.1. The number of halogens is 1. The molecule has 3 N–H and O–H groups in total. The van der Waals surface area contributed by atoms with Crippen LogP contribution in [0.5, 0.6) is 0 Å². The molecule has 4 rings (SSSR count). The Morgan fingerprint density at radius 3 is 2.69 bits per heavy atom. The van der Waals surface area contributed by atoms with Crippen LogP contribution in [0.3, 0.4) is 0 Å². The molecule has 1 aliphatic carbocycles. The largest absolute Gasteiger partial charge is 0.367 e. The first-order valence-corrected chi connectivity index (χ1v) is 10.5. The topological polar surface area (TPSA) is 95.6 Å². The van der Waals surface area contributed by atoms with E-state index in [-0.39, 0.29) is 17.0 Å². The highest BCUT2D eigenvalue weighted by molar-refractivity contribution is 6.34. The van der Waals surface area contributed by atoms with E-state index in [2.05, 4.69) is 30.6 Å². The van der Waals surface area contributed by atoms with Gasteiger partial charge in [0.2, 0.25) is 0 Å². The van der Waals surface area contributed by atoms with Crippen molar-refractivity contribution in [2.75, 3.05) is 10.6 Å². The SMILES string of the molecule is CC(C)Nc1ncnc2[nH]cc(C(=O)c3ccc(NC4CCCCC4)nc3Cl)c12. The minimum Gasteiger partial charge on any atom is -0.367 e. The van der Waals surface area contributed by atoms with E-state index in [9.17, 15) is 4.79 Å². The van der Waals surface area contributed by atoms with Crippen molar-refractivity contribution in [3.8, 4) is 0 Å². The minimum atomic E-state index is -0.209. The van der Waals surface area contributed by atoms with E-state index >= 15 is 0 Å². The maximum Gasteiger partial charge on any atom is 0.198 e. The van der Waals surface area contributed by atoms with Gasteiger partial charge in [-0.15, -0.1) is 0 Å². The molecule has 1 fully saturated rings. The third kappa shape index (κ3) is 4.19. The maximum atomic E-state index is 13.2. The number of anilines is 2. The fraction of sp³-hybridized carbons (Fsp3) is 0.429. The molecular formula is C21H25ClN6O. The number of pyridine rings is 1. The number of hydrogen-bond donors (Lipinski definition) is 3. The highest BCUT2D eigenvalue weighted by Crippen LogP contribution is 2.29. The molecule has 29 heavy (non-hydrogen) atoms. The fourth-order valence-electron chi connectivity index (χ4n) is 3.81. The molecule has 3 heterocycles. The Morgan fingerprint density at radius 2 is 1.97 bits per heavy atom. The smallest absolute Gasteiger partial charge is 0.198 e. The van der Waals surface area contributed by atoms with Gasteiger partial charge >= 0.3 is 0 Å². The number of fused-ring (bicyclic) bond motifs is 1. The first kappa shape index (κ1) is 19.6. The summed E-state index contributed by atoms with van der Waals surface area (Å²) < 4.78 is 0. The number of rotatable bonds is 6. The summed E-state index contributed by atoms with van der Waals surface area (Å²) >= 11 is 6.41. The van der Waals surface area contributed by atoms with Crippen LogP contribution < -0.4 is 10.6 Å². The van der Waals surface area contributed by atoms with E-state index in [1.807, 2.05) is 19.9 Å². The highest BCUT2D eigenvalue weighted by Gasteiger charge is 2.22. The van der Waals surface area contributed by atoms with Crippen LogP contribution in [0.15, 0.2) is 24.7 Å². The van der Waals surface area contributed by atoms with Gasteiger partial charge in [-0.05, 0) is 38.8 Å². The summed E-state index contributed by atoms with van der Waals surface area (Å²) in [5.74, 6) is 1.12. The van der Waals surface area contributed by atoms with Crippen molar-refractivity contribution in [3.05, 3.63) is 40.9 Å². The molecule has 0 bridgehead atoms. The second-order valence-corrected chi connectivity index (χ2v) is 8.15. The second kappa shape index (κ2) is 8.37. The van der Waals surface area contributed by atoms with Crippen molar-refractivity contribution in [1.29, 1.82) is 0 Å². The Labute approximate surface area is 174 Å². The van der Waals surface area contributed by atoms with Crippen molar-refractivity contribution >= 4 is 40.1 Å². The molecule has 1 saturated carbocycles. The van der Waals surface area contributed by atoms with E-state index in [4.69, 9.17) is 11.6 Å². The number of nitrogens with one attached hydrogen (secondary N) is 3. The van der Waals surface area contributed by atoms with Gasteiger partial charge < -0.3 is 15.6 Å². The molecule has 0 saturated heterocycles.